The van der Waals surface area contributed by atoms with E-state index >= 15 is 0 Å². The highest BCUT2D eigenvalue weighted by Crippen LogP contribution is 2.43. The SMILES string of the molecule is OCc1ccnc(-c2c(Cl)cc(Cl)cc2Cl)c1C(F)(F)F. The predicted octanol–water partition coefficient (Wildman–Crippen LogP) is 5.22. The van der Waals surface area contributed by atoms with Gasteiger partial charge >= 0.3 is 6.18 Å². The van der Waals surface area contributed by atoms with Gasteiger partial charge in [-0.3, -0.25) is 4.98 Å². The van der Waals surface area contributed by atoms with Crippen molar-refractivity contribution in [2.45, 2.75) is 12.8 Å². The van der Waals surface area contributed by atoms with Gasteiger partial charge in [0.1, 0.15) is 0 Å². The zero-order chi connectivity index (χ0) is 15.8. The summed E-state index contributed by atoms with van der Waals surface area (Å²) in [5, 5.41) is 9.21. The molecule has 0 unspecified atom stereocenters. The van der Waals surface area contributed by atoms with E-state index in [1.165, 1.54) is 12.1 Å². The summed E-state index contributed by atoms with van der Waals surface area (Å²) in [6.07, 6.45) is -3.56. The van der Waals surface area contributed by atoms with Crippen molar-refractivity contribution in [2.75, 3.05) is 0 Å². The first-order valence-corrected chi connectivity index (χ1v) is 6.70. The number of benzene rings is 1. The molecule has 0 saturated carbocycles. The van der Waals surface area contributed by atoms with Crippen LogP contribution in [0.5, 0.6) is 0 Å². The van der Waals surface area contributed by atoms with Crippen LogP contribution in [0, 0.1) is 0 Å². The second kappa shape index (κ2) is 6.01. The van der Waals surface area contributed by atoms with Gasteiger partial charge in [0.25, 0.3) is 0 Å². The number of pyridine rings is 1. The molecular weight excluding hydrogens is 350 g/mol. The van der Waals surface area contributed by atoms with Gasteiger partial charge in [0.15, 0.2) is 0 Å². The molecular formula is C13H7Cl3F3NO. The third-order valence-corrected chi connectivity index (χ3v) is 3.55. The average Bonchev–Trinajstić information content (AvgIpc) is 2.35. The van der Waals surface area contributed by atoms with Crippen LogP contribution >= 0.6 is 34.8 Å². The van der Waals surface area contributed by atoms with Crippen LogP contribution < -0.4 is 0 Å². The highest BCUT2D eigenvalue weighted by molar-refractivity contribution is 6.41. The second-order valence-corrected chi connectivity index (χ2v) is 5.34. The maximum Gasteiger partial charge on any atom is 0.418 e. The van der Waals surface area contributed by atoms with E-state index in [1.54, 1.807) is 0 Å². The molecule has 2 aromatic rings. The molecule has 0 radical (unpaired) electrons. The molecule has 21 heavy (non-hydrogen) atoms. The summed E-state index contributed by atoms with van der Waals surface area (Å²) in [6, 6.07) is 3.64. The lowest BCUT2D eigenvalue weighted by molar-refractivity contribution is -0.138. The number of rotatable bonds is 2. The maximum atomic E-state index is 13.3. The van der Waals surface area contributed by atoms with Crippen molar-refractivity contribution in [2.24, 2.45) is 0 Å². The molecule has 2 rings (SSSR count). The minimum absolute atomic E-state index is 0.0550. The smallest absolute Gasteiger partial charge is 0.392 e. The molecule has 2 nitrogen and oxygen atoms in total. The van der Waals surface area contributed by atoms with Crippen molar-refractivity contribution in [1.29, 1.82) is 0 Å². The van der Waals surface area contributed by atoms with Gasteiger partial charge in [0, 0.05) is 16.8 Å². The zero-order valence-electron chi connectivity index (χ0n) is 10.2. The van der Waals surface area contributed by atoms with Gasteiger partial charge in [0.2, 0.25) is 0 Å². The van der Waals surface area contributed by atoms with Gasteiger partial charge < -0.3 is 5.11 Å². The van der Waals surface area contributed by atoms with Gasteiger partial charge in [-0.25, -0.2) is 0 Å². The lowest BCUT2D eigenvalue weighted by Gasteiger charge is -2.17. The fourth-order valence-corrected chi connectivity index (χ4v) is 2.90. The number of halogens is 6. The van der Waals surface area contributed by atoms with Crippen LogP contribution in [0.4, 0.5) is 13.2 Å². The van der Waals surface area contributed by atoms with E-state index in [0.717, 1.165) is 12.3 Å². The van der Waals surface area contributed by atoms with Crippen LogP contribution in [-0.4, -0.2) is 10.1 Å². The van der Waals surface area contributed by atoms with Crippen LogP contribution in [0.15, 0.2) is 24.4 Å². The molecule has 0 fully saturated rings. The number of aliphatic hydroxyl groups excluding tert-OH is 1. The third kappa shape index (κ3) is 3.26. The Hall–Kier alpha value is -1.01. The quantitative estimate of drug-likeness (QED) is 0.800. The van der Waals surface area contributed by atoms with Crippen LogP contribution in [0.2, 0.25) is 15.1 Å². The number of alkyl halides is 3. The summed E-state index contributed by atoms with van der Waals surface area (Å²) in [5.74, 6) is 0. The molecule has 0 spiro atoms. The topological polar surface area (TPSA) is 33.1 Å². The molecule has 0 bridgehead atoms. The van der Waals surface area contributed by atoms with Crippen LogP contribution in [-0.2, 0) is 12.8 Å². The van der Waals surface area contributed by atoms with Crippen molar-refractivity contribution < 1.29 is 18.3 Å². The first-order valence-electron chi connectivity index (χ1n) is 5.56. The summed E-state index contributed by atoms with van der Waals surface area (Å²) in [5.41, 5.74) is -1.90. The zero-order valence-corrected chi connectivity index (χ0v) is 12.4. The van der Waals surface area contributed by atoms with Gasteiger partial charge in [-0.1, -0.05) is 34.8 Å². The second-order valence-electron chi connectivity index (χ2n) is 4.09. The lowest BCUT2D eigenvalue weighted by atomic mass is 10.0. The Morgan fingerprint density at radius 2 is 1.67 bits per heavy atom. The minimum Gasteiger partial charge on any atom is -0.392 e. The fraction of sp³-hybridized carbons (Fsp3) is 0.154. The summed E-state index contributed by atoms with van der Waals surface area (Å²) in [6.45, 7) is -0.785. The van der Waals surface area contributed by atoms with Crippen molar-refractivity contribution in [1.82, 2.24) is 4.98 Å². The largest absolute Gasteiger partial charge is 0.418 e. The lowest BCUT2D eigenvalue weighted by Crippen LogP contribution is -2.13. The van der Waals surface area contributed by atoms with Crippen molar-refractivity contribution in [3.8, 4) is 11.3 Å². The van der Waals surface area contributed by atoms with Crippen molar-refractivity contribution >= 4 is 34.8 Å². The molecule has 112 valence electrons. The number of hydrogen-bond acceptors (Lipinski definition) is 2. The highest BCUT2D eigenvalue weighted by Gasteiger charge is 2.38. The van der Waals surface area contributed by atoms with Crippen molar-refractivity contribution in [3.63, 3.8) is 0 Å². The van der Waals surface area contributed by atoms with Crippen LogP contribution in [0.25, 0.3) is 11.3 Å². The molecule has 8 heteroatoms. The van der Waals surface area contributed by atoms with Crippen molar-refractivity contribution in [3.05, 3.63) is 50.6 Å². The highest BCUT2D eigenvalue weighted by atomic mass is 35.5. The Labute approximate surface area is 133 Å². The van der Waals surface area contributed by atoms with Crippen LogP contribution in [0.3, 0.4) is 0 Å². The van der Waals surface area contributed by atoms with E-state index in [9.17, 15) is 13.2 Å². The van der Waals surface area contributed by atoms with Gasteiger partial charge in [-0.05, 0) is 23.8 Å². The molecule has 0 amide bonds. The summed E-state index contributed by atoms with van der Waals surface area (Å²) < 4.78 is 39.8. The molecule has 0 aliphatic carbocycles. The summed E-state index contributed by atoms with van der Waals surface area (Å²) >= 11 is 17.6. The van der Waals surface area contributed by atoms with E-state index in [2.05, 4.69) is 4.98 Å². The molecule has 1 N–H and O–H groups in total. The van der Waals surface area contributed by atoms with E-state index < -0.39 is 24.0 Å². The van der Waals surface area contributed by atoms with E-state index in [1.807, 2.05) is 0 Å². The minimum atomic E-state index is -4.71. The van der Waals surface area contributed by atoms with Gasteiger partial charge in [-0.15, -0.1) is 0 Å². The molecule has 0 aliphatic heterocycles. The molecule has 0 atom stereocenters. The predicted molar refractivity (Wildman–Crippen MR) is 75.6 cm³/mol. The van der Waals surface area contributed by atoms with E-state index in [4.69, 9.17) is 39.9 Å². The Balaban J connectivity index is 2.82. The Kier molecular flexibility index (Phi) is 4.68. The first kappa shape index (κ1) is 16.4. The number of nitrogens with zero attached hydrogens (tertiary/aromatic N) is 1. The molecule has 1 aromatic carbocycles. The molecule has 0 aliphatic rings. The maximum absolute atomic E-state index is 13.3. The molecule has 0 saturated heterocycles. The summed E-state index contributed by atoms with van der Waals surface area (Å²) in [4.78, 5) is 3.73. The number of hydrogen-bond donors (Lipinski definition) is 1. The number of aliphatic hydroxyl groups is 1. The monoisotopic (exact) mass is 355 g/mol. The van der Waals surface area contributed by atoms with E-state index in [-0.39, 0.29) is 26.2 Å². The van der Waals surface area contributed by atoms with Gasteiger partial charge in [-0.2, -0.15) is 13.2 Å². The van der Waals surface area contributed by atoms with Gasteiger partial charge in [0.05, 0.1) is 27.9 Å². The normalized spacial score (nSPS) is 11.8. The Morgan fingerprint density at radius 3 is 2.14 bits per heavy atom. The standard InChI is InChI=1S/C13H7Cl3F3NO/c14-7-3-8(15)10(9(16)4-7)12-11(13(17,18)19)6(5-21)1-2-20-12/h1-4,21H,5H2. The summed E-state index contributed by atoms with van der Waals surface area (Å²) in [7, 11) is 0. The third-order valence-electron chi connectivity index (χ3n) is 2.73. The molecule has 1 aromatic heterocycles. The van der Waals surface area contributed by atoms with Crippen LogP contribution in [0.1, 0.15) is 11.1 Å². The Bertz CT molecular complexity index is 666. The van der Waals surface area contributed by atoms with E-state index in [0.29, 0.717) is 0 Å². The Morgan fingerprint density at radius 1 is 1.10 bits per heavy atom. The average molecular weight is 357 g/mol. The first-order chi connectivity index (χ1) is 9.75. The fourth-order valence-electron chi connectivity index (χ4n) is 1.91. The number of aromatic nitrogens is 1. The molecule has 1 heterocycles.